The fourth-order valence-electron chi connectivity index (χ4n) is 2.50. The van der Waals surface area contributed by atoms with Gasteiger partial charge in [0.1, 0.15) is 6.07 Å². The summed E-state index contributed by atoms with van der Waals surface area (Å²) in [6.07, 6.45) is 6.26. The van der Waals surface area contributed by atoms with E-state index in [1.54, 1.807) is 0 Å². The van der Waals surface area contributed by atoms with Crippen molar-refractivity contribution in [3.05, 3.63) is 28.2 Å². The quantitative estimate of drug-likeness (QED) is 0.874. The predicted molar refractivity (Wildman–Crippen MR) is 74.0 cm³/mol. The van der Waals surface area contributed by atoms with Gasteiger partial charge in [-0.05, 0) is 38.0 Å². The van der Waals surface area contributed by atoms with Crippen molar-refractivity contribution in [2.75, 3.05) is 5.32 Å². The fraction of sp³-hybridized carbons (Fsp3) is 0.500. The van der Waals surface area contributed by atoms with E-state index in [0.717, 1.165) is 15.7 Å². The zero-order valence-corrected chi connectivity index (χ0v) is 11.7. The number of nitriles is 1. The van der Waals surface area contributed by atoms with E-state index in [-0.39, 0.29) is 5.54 Å². The second kappa shape index (κ2) is 5.10. The van der Waals surface area contributed by atoms with E-state index in [4.69, 9.17) is 5.26 Å². The van der Waals surface area contributed by atoms with Gasteiger partial charge in [0.15, 0.2) is 0 Å². The largest absolute Gasteiger partial charge is 0.379 e. The maximum Gasteiger partial charge on any atom is 0.101 e. The first-order chi connectivity index (χ1) is 8.13. The SMILES string of the molecule is CC1(Nc2cc(Br)ccc2C#N)CCCCC1. The van der Waals surface area contributed by atoms with Crippen LogP contribution in [0.1, 0.15) is 44.6 Å². The van der Waals surface area contributed by atoms with Gasteiger partial charge in [0.2, 0.25) is 0 Å². The van der Waals surface area contributed by atoms with E-state index >= 15 is 0 Å². The molecule has 17 heavy (non-hydrogen) atoms. The lowest BCUT2D eigenvalue weighted by atomic mass is 9.83. The molecule has 2 nitrogen and oxygen atoms in total. The van der Waals surface area contributed by atoms with Gasteiger partial charge in [-0.25, -0.2) is 0 Å². The molecule has 1 N–H and O–H groups in total. The highest BCUT2D eigenvalue weighted by Gasteiger charge is 2.27. The van der Waals surface area contributed by atoms with Gasteiger partial charge >= 0.3 is 0 Å². The van der Waals surface area contributed by atoms with Crippen molar-refractivity contribution in [1.82, 2.24) is 0 Å². The smallest absolute Gasteiger partial charge is 0.101 e. The molecule has 0 atom stereocenters. The van der Waals surface area contributed by atoms with Gasteiger partial charge in [-0.1, -0.05) is 35.2 Å². The first kappa shape index (κ1) is 12.4. The molecule has 1 aromatic rings. The summed E-state index contributed by atoms with van der Waals surface area (Å²) < 4.78 is 1.01. The number of hydrogen-bond donors (Lipinski definition) is 1. The number of anilines is 1. The third-order valence-electron chi connectivity index (χ3n) is 3.50. The Kier molecular flexibility index (Phi) is 3.73. The predicted octanol–water partition coefficient (Wildman–Crippen LogP) is 4.46. The van der Waals surface area contributed by atoms with Crippen molar-refractivity contribution in [2.45, 2.75) is 44.6 Å². The number of nitrogens with zero attached hydrogens (tertiary/aromatic N) is 1. The van der Waals surface area contributed by atoms with Crippen molar-refractivity contribution in [2.24, 2.45) is 0 Å². The number of rotatable bonds is 2. The molecular weight excluding hydrogens is 276 g/mol. The third-order valence-corrected chi connectivity index (χ3v) is 3.99. The summed E-state index contributed by atoms with van der Waals surface area (Å²) in [6.45, 7) is 2.26. The molecule has 0 aromatic heterocycles. The lowest BCUT2D eigenvalue weighted by Gasteiger charge is -2.35. The van der Waals surface area contributed by atoms with Crippen LogP contribution in [0.5, 0.6) is 0 Å². The van der Waals surface area contributed by atoms with Crippen LogP contribution in [0.4, 0.5) is 5.69 Å². The van der Waals surface area contributed by atoms with Crippen LogP contribution >= 0.6 is 15.9 Å². The molecule has 0 amide bonds. The summed E-state index contributed by atoms with van der Waals surface area (Å²) in [5, 5.41) is 12.7. The van der Waals surface area contributed by atoms with Crippen molar-refractivity contribution < 1.29 is 0 Å². The Morgan fingerprint density at radius 1 is 1.29 bits per heavy atom. The van der Waals surface area contributed by atoms with E-state index in [1.165, 1.54) is 32.1 Å². The molecule has 0 aliphatic heterocycles. The normalized spacial score (nSPS) is 18.4. The van der Waals surface area contributed by atoms with Crippen LogP contribution in [-0.4, -0.2) is 5.54 Å². The molecule has 0 heterocycles. The molecule has 1 aromatic carbocycles. The zero-order chi connectivity index (χ0) is 12.3. The standard InChI is InChI=1S/C14H17BrN2/c1-14(7-3-2-4-8-14)17-13-9-12(15)6-5-11(13)10-16/h5-6,9,17H,2-4,7-8H2,1H3. The molecule has 1 aliphatic carbocycles. The van der Waals surface area contributed by atoms with Gasteiger partial charge in [0.25, 0.3) is 0 Å². The molecule has 1 aliphatic rings. The highest BCUT2D eigenvalue weighted by Crippen LogP contribution is 2.33. The molecule has 0 unspecified atom stereocenters. The van der Waals surface area contributed by atoms with Gasteiger partial charge < -0.3 is 5.32 Å². The fourth-order valence-corrected chi connectivity index (χ4v) is 2.86. The zero-order valence-electron chi connectivity index (χ0n) is 10.1. The van der Waals surface area contributed by atoms with Crippen LogP contribution in [0, 0.1) is 11.3 Å². The Morgan fingerprint density at radius 2 is 2.00 bits per heavy atom. The highest BCUT2D eigenvalue weighted by atomic mass is 79.9. The molecule has 0 bridgehead atoms. The third kappa shape index (κ3) is 3.01. The molecule has 1 saturated carbocycles. The van der Waals surface area contributed by atoms with Crippen LogP contribution in [0.3, 0.4) is 0 Å². The van der Waals surface area contributed by atoms with E-state index in [0.29, 0.717) is 0 Å². The maximum absolute atomic E-state index is 9.12. The molecule has 0 radical (unpaired) electrons. The van der Waals surface area contributed by atoms with Gasteiger partial charge in [-0.2, -0.15) is 5.26 Å². The van der Waals surface area contributed by atoms with Crippen molar-refractivity contribution in [3.8, 4) is 6.07 Å². The Bertz CT molecular complexity index is 442. The van der Waals surface area contributed by atoms with Crippen molar-refractivity contribution >= 4 is 21.6 Å². The molecule has 1 fully saturated rings. The number of nitrogens with one attached hydrogen (secondary N) is 1. The Labute approximate surface area is 111 Å². The Hall–Kier alpha value is -1.01. The number of halogens is 1. The van der Waals surface area contributed by atoms with Gasteiger partial charge in [0.05, 0.1) is 11.3 Å². The van der Waals surface area contributed by atoms with Gasteiger partial charge in [0, 0.05) is 10.0 Å². The minimum absolute atomic E-state index is 0.143. The summed E-state index contributed by atoms with van der Waals surface area (Å²) in [7, 11) is 0. The first-order valence-electron chi connectivity index (χ1n) is 6.11. The molecule has 90 valence electrons. The molecular formula is C14H17BrN2. The summed E-state index contributed by atoms with van der Waals surface area (Å²) in [5.41, 5.74) is 1.82. The lowest BCUT2D eigenvalue weighted by Crippen LogP contribution is -2.37. The summed E-state index contributed by atoms with van der Waals surface area (Å²) in [5.74, 6) is 0. The summed E-state index contributed by atoms with van der Waals surface area (Å²) in [6, 6.07) is 8.01. The molecule has 2 rings (SSSR count). The molecule has 0 spiro atoms. The maximum atomic E-state index is 9.12. The van der Waals surface area contributed by atoms with E-state index in [9.17, 15) is 0 Å². The van der Waals surface area contributed by atoms with Crippen LogP contribution < -0.4 is 5.32 Å². The first-order valence-corrected chi connectivity index (χ1v) is 6.90. The second-order valence-corrected chi connectivity index (χ2v) is 5.96. The minimum Gasteiger partial charge on any atom is -0.379 e. The minimum atomic E-state index is 0.143. The second-order valence-electron chi connectivity index (χ2n) is 5.05. The van der Waals surface area contributed by atoms with Crippen LogP contribution in [-0.2, 0) is 0 Å². The summed E-state index contributed by atoms with van der Waals surface area (Å²) in [4.78, 5) is 0. The Morgan fingerprint density at radius 3 is 2.65 bits per heavy atom. The molecule has 0 saturated heterocycles. The van der Waals surface area contributed by atoms with E-state index in [1.807, 2.05) is 18.2 Å². The average molecular weight is 293 g/mol. The monoisotopic (exact) mass is 292 g/mol. The van der Waals surface area contributed by atoms with Gasteiger partial charge in [-0.15, -0.1) is 0 Å². The lowest BCUT2D eigenvalue weighted by molar-refractivity contribution is 0.349. The number of hydrogen-bond acceptors (Lipinski definition) is 2. The van der Waals surface area contributed by atoms with E-state index in [2.05, 4.69) is 34.2 Å². The van der Waals surface area contributed by atoms with Crippen LogP contribution in [0.25, 0.3) is 0 Å². The van der Waals surface area contributed by atoms with Crippen LogP contribution in [0.15, 0.2) is 22.7 Å². The van der Waals surface area contributed by atoms with Crippen LogP contribution in [0.2, 0.25) is 0 Å². The topological polar surface area (TPSA) is 35.8 Å². The molecule has 3 heteroatoms. The summed E-state index contributed by atoms with van der Waals surface area (Å²) >= 11 is 3.46. The van der Waals surface area contributed by atoms with E-state index < -0.39 is 0 Å². The van der Waals surface area contributed by atoms with Gasteiger partial charge in [-0.3, -0.25) is 0 Å². The average Bonchev–Trinajstić information content (AvgIpc) is 2.29. The van der Waals surface area contributed by atoms with Crippen molar-refractivity contribution in [1.29, 1.82) is 5.26 Å². The van der Waals surface area contributed by atoms with Crippen molar-refractivity contribution in [3.63, 3.8) is 0 Å². The Balaban J connectivity index is 2.22. The number of benzene rings is 1. The highest BCUT2D eigenvalue weighted by molar-refractivity contribution is 9.10.